The standard InChI is InChI=1S/C23H26N5O4P/c1-31-19-7-17-18(8-20(19)32-2)27-23(26-16-9-24-10-16)21-22(17)28(13-25-21)11-14-3-5-15(6-4-14)12-33(29)30/h3-8,13,16,24,29-30H,9-12H2,1-2H3,(H,26,27). The van der Waals surface area contributed by atoms with E-state index in [1.54, 1.807) is 14.2 Å². The van der Waals surface area contributed by atoms with Crippen LogP contribution in [-0.4, -0.2) is 57.7 Å². The van der Waals surface area contributed by atoms with E-state index < -0.39 is 8.38 Å². The molecule has 1 saturated heterocycles. The highest BCUT2D eigenvalue weighted by atomic mass is 31.2. The maximum Gasteiger partial charge on any atom is 0.169 e. The van der Waals surface area contributed by atoms with E-state index in [1.807, 2.05) is 42.7 Å². The van der Waals surface area contributed by atoms with Crippen LogP contribution in [0.5, 0.6) is 11.5 Å². The second kappa shape index (κ2) is 9.11. The monoisotopic (exact) mass is 467 g/mol. The molecule has 172 valence electrons. The molecule has 0 atom stereocenters. The molecule has 0 saturated carbocycles. The maximum absolute atomic E-state index is 9.27. The van der Waals surface area contributed by atoms with Crippen LogP contribution in [0, 0.1) is 0 Å². The summed E-state index contributed by atoms with van der Waals surface area (Å²) in [4.78, 5) is 28.1. The zero-order valence-corrected chi connectivity index (χ0v) is 19.3. The van der Waals surface area contributed by atoms with Gasteiger partial charge in [0.2, 0.25) is 0 Å². The largest absolute Gasteiger partial charge is 0.493 e. The summed E-state index contributed by atoms with van der Waals surface area (Å²) in [5.41, 5.74) is 4.56. The highest BCUT2D eigenvalue weighted by molar-refractivity contribution is 7.44. The summed E-state index contributed by atoms with van der Waals surface area (Å²) in [6.07, 6.45) is 2.11. The minimum Gasteiger partial charge on any atom is -0.493 e. The summed E-state index contributed by atoms with van der Waals surface area (Å²) in [5.74, 6) is 2.02. The van der Waals surface area contributed by atoms with Crippen LogP contribution >= 0.6 is 8.38 Å². The number of nitrogens with one attached hydrogen (secondary N) is 2. The number of pyridine rings is 1. The normalized spacial score (nSPS) is 14.1. The van der Waals surface area contributed by atoms with Gasteiger partial charge in [-0.15, -0.1) is 0 Å². The molecule has 4 aromatic rings. The Morgan fingerprint density at radius 3 is 2.42 bits per heavy atom. The van der Waals surface area contributed by atoms with Crippen molar-refractivity contribution in [3.8, 4) is 11.5 Å². The molecule has 3 heterocycles. The molecule has 9 nitrogen and oxygen atoms in total. The van der Waals surface area contributed by atoms with Gasteiger partial charge in [-0.3, -0.25) is 0 Å². The van der Waals surface area contributed by atoms with Crippen molar-refractivity contribution in [2.45, 2.75) is 18.7 Å². The Balaban J connectivity index is 1.61. The molecule has 1 fully saturated rings. The van der Waals surface area contributed by atoms with E-state index >= 15 is 0 Å². The molecule has 1 aliphatic heterocycles. The Bertz CT molecular complexity index is 1290. The van der Waals surface area contributed by atoms with Gasteiger partial charge in [-0.05, 0) is 17.2 Å². The zero-order valence-electron chi connectivity index (χ0n) is 18.4. The van der Waals surface area contributed by atoms with Crippen molar-refractivity contribution in [3.05, 3.63) is 53.9 Å². The number of nitrogens with zero attached hydrogens (tertiary/aromatic N) is 3. The van der Waals surface area contributed by atoms with Gasteiger partial charge in [0.1, 0.15) is 5.52 Å². The summed E-state index contributed by atoms with van der Waals surface area (Å²) in [6.45, 7) is 2.40. The van der Waals surface area contributed by atoms with Crippen molar-refractivity contribution in [3.63, 3.8) is 0 Å². The van der Waals surface area contributed by atoms with Crippen LogP contribution in [0.3, 0.4) is 0 Å². The lowest BCUT2D eigenvalue weighted by molar-refractivity contribution is 0.356. The van der Waals surface area contributed by atoms with E-state index in [0.717, 1.165) is 52.0 Å². The second-order valence-corrected chi connectivity index (χ2v) is 9.16. The highest BCUT2D eigenvalue weighted by Gasteiger charge is 2.22. The van der Waals surface area contributed by atoms with Gasteiger partial charge in [-0.25, -0.2) is 9.97 Å². The van der Waals surface area contributed by atoms with Crippen molar-refractivity contribution in [2.75, 3.05) is 32.6 Å². The molecule has 10 heteroatoms. The Labute approximate surface area is 192 Å². The molecule has 0 spiro atoms. The van der Waals surface area contributed by atoms with Crippen LogP contribution in [0.4, 0.5) is 5.82 Å². The Kier molecular flexibility index (Phi) is 6.03. The lowest BCUT2D eigenvalue weighted by Crippen LogP contribution is -2.51. The van der Waals surface area contributed by atoms with Crippen LogP contribution in [0.2, 0.25) is 0 Å². The molecule has 2 aromatic heterocycles. The molecule has 0 radical (unpaired) electrons. The quantitative estimate of drug-likeness (QED) is 0.293. The number of ether oxygens (including phenoxy) is 2. The summed E-state index contributed by atoms with van der Waals surface area (Å²) in [7, 11) is 1.30. The predicted octanol–water partition coefficient (Wildman–Crippen LogP) is 2.83. The molecule has 5 rings (SSSR count). The minimum atomic E-state index is -1.94. The first-order valence-electron chi connectivity index (χ1n) is 10.7. The SMILES string of the molecule is COc1cc2nc(NC3CNC3)c3ncn(Cc4ccc(CP(O)O)cc4)c3c2cc1OC. The molecule has 0 amide bonds. The molecular weight excluding hydrogens is 441 g/mol. The zero-order chi connectivity index (χ0) is 22.9. The van der Waals surface area contributed by atoms with Gasteiger partial charge in [0.05, 0.1) is 37.6 Å². The van der Waals surface area contributed by atoms with Crippen LogP contribution < -0.4 is 20.1 Å². The third-order valence-electron chi connectivity index (χ3n) is 5.87. The molecule has 4 N–H and O–H groups in total. The molecule has 0 bridgehead atoms. The molecule has 0 unspecified atom stereocenters. The van der Waals surface area contributed by atoms with Crippen LogP contribution in [0.15, 0.2) is 42.7 Å². The van der Waals surface area contributed by atoms with E-state index in [4.69, 9.17) is 19.4 Å². The Morgan fingerprint density at radius 1 is 1.09 bits per heavy atom. The fourth-order valence-corrected chi connectivity index (χ4v) is 4.61. The number of anilines is 1. The van der Waals surface area contributed by atoms with Gasteiger partial charge in [0.15, 0.2) is 25.7 Å². The average molecular weight is 467 g/mol. The number of rotatable bonds is 8. The number of hydrogen-bond donors (Lipinski definition) is 4. The van der Waals surface area contributed by atoms with Crippen molar-refractivity contribution < 1.29 is 19.3 Å². The summed E-state index contributed by atoms with van der Waals surface area (Å²) < 4.78 is 13.2. The van der Waals surface area contributed by atoms with E-state index in [-0.39, 0.29) is 6.16 Å². The second-order valence-electron chi connectivity index (χ2n) is 8.10. The predicted molar refractivity (Wildman–Crippen MR) is 129 cm³/mol. The van der Waals surface area contributed by atoms with E-state index in [1.165, 1.54) is 0 Å². The first kappa shape index (κ1) is 21.9. The van der Waals surface area contributed by atoms with Gasteiger partial charge < -0.3 is 34.5 Å². The molecular formula is C23H26N5O4P. The smallest absolute Gasteiger partial charge is 0.169 e. The molecule has 1 aliphatic rings. The van der Waals surface area contributed by atoms with Gasteiger partial charge in [0, 0.05) is 37.2 Å². The topological polar surface area (TPSA) is 114 Å². The third kappa shape index (κ3) is 4.32. The average Bonchev–Trinajstić information content (AvgIpc) is 3.20. The van der Waals surface area contributed by atoms with E-state index in [9.17, 15) is 9.79 Å². The van der Waals surface area contributed by atoms with Crippen LogP contribution in [0.25, 0.3) is 21.9 Å². The lowest BCUT2D eigenvalue weighted by atomic mass is 10.1. The number of imidazole rings is 1. The highest BCUT2D eigenvalue weighted by Crippen LogP contribution is 2.37. The summed E-state index contributed by atoms with van der Waals surface area (Å²) in [6, 6.07) is 12.0. The maximum atomic E-state index is 9.27. The van der Waals surface area contributed by atoms with Gasteiger partial charge in [-0.1, -0.05) is 24.3 Å². The van der Waals surface area contributed by atoms with Gasteiger partial charge >= 0.3 is 0 Å². The van der Waals surface area contributed by atoms with E-state index in [0.29, 0.717) is 24.1 Å². The molecule has 0 aliphatic carbocycles. The molecule has 33 heavy (non-hydrogen) atoms. The van der Waals surface area contributed by atoms with Crippen molar-refractivity contribution in [1.29, 1.82) is 0 Å². The fraction of sp³-hybridized carbons (Fsp3) is 0.304. The fourth-order valence-electron chi connectivity index (χ4n) is 4.08. The Hall–Kier alpha value is -2.97. The number of aromatic nitrogens is 3. The van der Waals surface area contributed by atoms with Gasteiger partial charge in [0.25, 0.3) is 0 Å². The van der Waals surface area contributed by atoms with Crippen LogP contribution in [-0.2, 0) is 12.7 Å². The summed E-state index contributed by atoms with van der Waals surface area (Å²) >= 11 is 0. The first-order valence-corrected chi connectivity index (χ1v) is 12.1. The van der Waals surface area contributed by atoms with Gasteiger partial charge in [-0.2, -0.15) is 0 Å². The van der Waals surface area contributed by atoms with Crippen molar-refractivity contribution >= 4 is 36.1 Å². The number of hydrogen-bond acceptors (Lipinski definition) is 8. The van der Waals surface area contributed by atoms with E-state index in [2.05, 4.69) is 15.2 Å². The first-order chi connectivity index (χ1) is 16.1. The number of methoxy groups -OCH3 is 2. The van der Waals surface area contributed by atoms with Crippen LogP contribution in [0.1, 0.15) is 11.1 Å². The number of fused-ring (bicyclic) bond motifs is 3. The Morgan fingerprint density at radius 2 is 1.79 bits per heavy atom. The van der Waals surface area contributed by atoms with Crippen molar-refractivity contribution in [2.24, 2.45) is 0 Å². The van der Waals surface area contributed by atoms with Crippen molar-refractivity contribution in [1.82, 2.24) is 19.9 Å². The molecule has 2 aromatic carbocycles. The third-order valence-corrected chi connectivity index (χ3v) is 6.52. The number of benzene rings is 2. The summed E-state index contributed by atoms with van der Waals surface area (Å²) in [5, 5.41) is 7.72. The lowest BCUT2D eigenvalue weighted by Gasteiger charge is -2.28. The minimum absolute atomic E-state index is 0.270.